The van der Waals surface area contributed by atoms with Crippen LogP contribution in [-0.2, 0) is 0 Å². The molecular weight excluding hydrogens is 132 g/mol. The number of hydrogen-bond acceptors (Lipinski definition) is 0. The van der Waals surface area contributed by atoms with Crippen molar-refractivity contribution in [1.29, 1.82) is 0 Å². The summed E-state index contributed by atoms with van der Waals surface area (Å²) in [6.07, 6.45) is 13.2. The lowest BCUT2D eigenvalue weighted by molar-refractivity contribution is 0.579. The molecule has 0 aromatic rings. The first-order chi connectivity index (χ1) is 5.29. The Morgan fingerprint density at radius 2 is 2.18 bits per heavy atom. The monoisotopic (exact) mass is 150 g/mol. The third-order valence-electron chi connectivity index (χ3n) is 2.08. The van der Waals surface area contributed by atoms with Gasteiger partial charge in [-0.3, -0.25) is 0 Å². The van der Waals surface area contributed by atoms with Crippen molar-refractivity contribution in [3.8, 4) is 0 Å². The first kappa shape index (κ1) is 8.58. The maximum absolute atomic E-state index is 2.38. The zero-order valence-electron chi connectivity index (χ0n) is 7.59. The summed E-state index contributed by atoms with van der Waals surface area (Å²) in [7, 11) is 0. The van der Waals surface area contributed by atoms with Crippen molar-refractivity contribution in [2.45, 2.75) is 33.1 Å². The largest absolute Gasteiger partial charge is 0.0885 e. The molecule has 1 aliphatic rings. The molecule has 62 valence electrons. The molecule has 0 saturated heterocycles. The van der Waals surface area contributed by atoms with Gasteiger partial charge in [-0.05, 0) is 31.1 Å². The van der Waals surface area contributed by atoms with Crippen molar-refractivity contribution in [2.75, 3.05) is 0 Å². The van der Waals surface area contributed by atoms with Crippen LogP contribution < -0.4 is 0 Å². The molecule has 0 nitrogen and oxygen atoms in total. The number of allylic oxidation sites excluding steroid dienone is 4. The van der Waals surface area contributed by atoms with Gasteiger partial charge in [0.2, 0.25) is 0 Å². The summed E-state index contributed by atoms with van der Waals surface area (Å²) in [4.78, 5) is 0. The minimum absolute atomic E-state index is 0.709. The summed E-state index contributed by atoms with van der Waals surface area (Å²) in [5.74, 6) is 1.53. The average molecular weight is 150 g/mol. The van der Waals surface area contributed by atoms with Crippen LogP contribution in [0.15, 0.2) is 24.3 Å². The van der Waals surface area contributed by atoms with E-state index in [0.717, 1.165) is 5.92 Å². The van der Waals surface area contributed by atoms with Crippen molar-refractivity contribution >= 4 is 0 Å². The van der Waals surface area contributed by atoms with E-state index in [1.165, 1.54) is 19.3 Å². The lowest BCUT2D eigenvalue weighted by atomic mass is 9.93. The van der Waals surface area contributed by atoms with Crippen LogP contribution in [0.5, 0.6) is 0 Å². The van der Waals surface area contributed by atoms with Crippen molar-refractivity contribution < 1.29 is 0 Å². The van der Waals surface area contributed by atoms with Gasteiger partial charge in [0.25, 0.3) is 0 Å². The molecule has 0 heteroatoms. The van der Waals surface area contributed by atoms with Crippen LogP contribution in [0.2, 0.25) is 0 Å². The molecule has 1 aliphatic carbocycles. The predicted octanol–water partition coefficient (Wildman–Crippen LogP) is 3.55. The van der Waals surface area contributed by atoms with Gasteiger partial charge in [0, 0.05) is 0 Å². The van der Waals surface area contributed by atoms with E-state index < -0.39 is 0 Å². The van der Waals surface area contributed by atoms with Crippen molar-refractivity contribution in [1.82, 2.24) is 0 Å². The van der Waals surface area contributed by atoms with Crippen LogP contribution in [0.1, 0.15) is 33.1 Å². The number of hydrogen-bond donors (Lipinski definition) is 0. The SMILES string of the molecule is CC(C)/C=C/C1CC=CCC1. The summed E-state index contributed by atoms with van der Waals surface area (Å²) >= 11 is 0. The van der Waals surface area contributed by atoms with Crippen LogP contribution >= 0.6 is 0 Å². The normalized spacial score (nSPS) is 25.2. The van der Waals surface area contributed by atoms with Crippen LogP contribution in [0, 0.1) is 11.8 Å². The molecule has 0 spiro atoms. The van der Waals surface area contributed by atoms with Gasteiger partial charge in [-0.2, -0.15) is 0 Å². The molecule has 0 radical (unpaired) electrons. The van der Waals surface area contributed by atoms with E-state index in [0.29, 0.717) is 5.92 Å². The molecule has 0 aliphatic heterocycles. The smallest absolute Gasteiger partial charge is 0.0196 e. The summed E-state index contributed by atoms with van der Waals surface area (Å²) in [6.45, 7) is 4.46. The highest BCUT2D eigenvalue weighted by Gasteiger charge is 2.04. The van der Waals surface area contributed by atoms with Gasteiger partial charge in [0.15, 0.2) is 0 Å². The summed E-state index contributed by atoms with van der Waals surface area (Å²) < 4.78 is 0. The highest BCUT2D eigenvalue weighted by atomic mass is 14.1. The van der Waals surface area contributed by atoms with Crippen molar-refractivity contribution in [3.05, 3.63) is 24.3 Å². The van der Waals surface area contributed by atoms with Crippen molar-refractivity contribution in [2.24, 2.45) is 11.8 Å². The zero-order valence-corrected chi connectivity index (χ0v) is 7.59. The fraction of sp³-hybridized carbons (Fsp3) is 0.636. The standard InChI is InChI=1S/C11H18/c1-10(2)8-9-11-6-4-3-5-7-11/h3-4,8-11H,5-7H2,1-2H3/b9-8+. The molecule has 1 atom stereocenters. The summed E-state index contributed by atoms with van der Waals surface area (Å²) in [5.41, 5.74) is 0. The molecule has 0 aromatic carbocycles. The molecule has 11 heavy (non-hydrogen) atoms. The van der Waals surface area contributed by atoms with E-state index in [2.05, 4.69) is 38.2 Å². The third kappa shape index (κ3) is 3.41. The summed E-state index contributed by atoms with van der Waals surface area (Å²) in [5, 5.41) is 0. The van der Waals surface area contributed by atoms with E-state index in [1.54, 1.807) is 0 Å². The van der Waals surface area contributed by atoms with Crippen LogP contribution in [0.25, 0.3) is 0 Å². The fourth-order valence-electron chi connectivity index (χ4n) is 1.37. The van der Waals surface area contributed by atoms with Crippen LogP contribution in [0.3, 0.4) is 0 Å². The molecule has 0 N–H and O–H groups in total. The first-order valence-corrected chi connectivity index (χ1v) is 4.62. The maximum atomic E-state index is 2.38. The second-order valence-corrected chi connectivity index (χ2v) is 3.67. The minimum atomic E-state index is 0.709. The van der Waals surface area contributed by atoms with E-state index in [9.17, 15) is 0 Å². The maximum Gasteiger partial charge on any atom is -0.0196 e. The Morgan fingerprint density at radius 1 is 1.36 bits per heavy atom. The Hall–Kier alpha value is -0.520. The fourth-order valence-corrected chi connectivity index (χ4v) is 1.37. The minimum Gasteiger partial charge on any atom is -0.0885 e. The average Bonchev–Trinajstić information content (AvgIpc) is 2.03. The lowest BCUT2D eigenvalue weighted by Crippen LogP contribution is -1.98. The highest BCUT2D eigenvalue weighted by Crippen LogP contribution is 2.19. The number of rotatable bonds is 2. The topological polar surface area (TPSA) is 0 Å². The molecule has 0 fully saturated rings. The predicted molar refractivity (Wildman–Crippen MR) is 50.5 cm³/mol. The molecule has 1 rings (SSSR count). The van der Waals surface area contributed by atoms with E-state index >= 15 is 0 Å². The van der Waals surface area contributed by atoms with Gasteiger partial charge < -0.3 is 0 Å². The van der Waals surface area contributed by atoms with Gasteiger partial charge in [0.1, 0.15) is 0 Å². The second-order valence-electron chi connectivity index (χ2n) is 3.67. The molecule has 0 bridgehead atoms. The quantitative estimate of drug-likeness (QED) is 0.528. The molecule has 0 saturated carbocycles. The molecule has 0 heterocycles. The second kappa shape index (κ2) is 4.38. The zero-order chi connectivity index (χ0) is 8.10. The van der Waals surface area contributed by atoms with Crippen molar-refractivity contribution in [3.63, 3.8) is 0 Å². The Balaban J connectivity index is 2.31. The van der Waals surface area contributed by atoms with Gasteiger partial charge in [0.05, 0.1) is 0 Å². The Kier molecular flexibility index (Phi) is 3.41. The van der Waals surface area contributed by atoms with E-state index in [4.69, 9.17) is 0 Å². The van der Waals surface area contributed by atoms with Crippen LogP contribution in [-0.4, -0.2) is 0 Å². The molecule has 0 aromatic heterocycles. The molecule has 0 amide bonds. The Morgan fingerprint density at radius 3 is 2.73 bits per heavy atom. The Labute approximate surface area is 70.0 Å². The Bertz CT molecular complexity index is 151. The van der Waals surface area contributed by atoms with Gasteiger partial charge in [-0.25, -0.2) is 0 Å². The van der Waals surface area contributed by atoms with E-state index in [1.807, 2.05) is 0 Å². The first-order valence-electron chi connectivity index (χ1n) is 4.62. The van der Waals surface area contributed by atoms with E-state index in [-0.39, 0.29) is 0 Å². The van der Waals surface area contributed by atoms with Crippen LogP contribution in [0.4, 0.5) is 0 Å². The molecule has 1 unspecified atom stereocenters. The lowest BCUT2D eigenvalue weighted by Gasteiger charge is -2.13. The summed E-state index contributed by atoms with van der Waals surface area (Å²) in [6, 6.07) is 0. The van der Waals surface area contributed by atoms with Gasteiger partial charge >= 0.3 is 0 Å². The molecular formula is C11H18. The highest BCUT2D eigenvalue weighted by molar-refractivity contribution is 4.99. The van der Waals surface area contributed by atoms with Gasteiger partial charge in [-0.15, -0.1) is 0 Å². The van der Waals surface area contributed by atoms with Gasteiger partial charge in [-0.1, -0.05) is 38.2 Å². The third-order valence-corrected chi connectivity index (χ3v) is 2.08.